The van der Waals surface area contributed by atoms with Crippen LogP contribution in [0.25, 0.3) is 12.2 Å². The van der Waals surface area contributed by atoms with Crippen molar-refractivity contribution in [3.63, 3.8) is 0 Å². The minimum absolute atomic E-state index is 0. The van der Waals surface area contributed by atoms with Gasteiger partial charge in [0.1, 0.15) is 22.9 Å². The van der Waals surface area contributed by atoms with Crippen molar-refractivity contribution >= 4 is 69.7 Å². The third kappa shape index (κ3) is 8.28. The van der Waals surface area contributed by atoms with Crippen molar-refractivity contribution in [1.82, 2.24) is 0 Å². The zero-order chi connectivity index (χ0) is 29.6. The summed E-state index contributed by atoms with van der Waals surface area (Å²) in [7, 11) is 0. The Kier molecular flexibility index (Phi) is 12.6. The fourth-order valence-electron chi connectivity index (χ4n) is 4.13. The van der Waals surface area contributed by atoms with Crippen LogP contribution in [0.4, 0.5) is 11.4 Å². The molecule has 4 aromatic carbocycles. The second-order valence-electron chi connectivity index (χ2n) is 9.04. The van der Waals surface area contributed by atoms with Crippen molar-refractivity contribution in [3.05, 3.63) is 129 Å². The maximum absolute atomic E-state index is 12.0. The fraction of sp³-hybridized carbons (Fsp3) is 0. The molecular formula is C32H22Cl2CoN4NaO4+. The Labute approximate surface area is 295 Å². The molecule has 0 aliphatic heterocycles. The van der Waals surface area contributed by atoms with E-state index in [-0.39, 0.29) is 69.4 Å². The number of nitrogens with one attached hydrogen (secondary N) is 2. The smallest absolute Gasteiger partial charge is 0.506 e. The van der Waals surface area contributed by atoms with E-state index in [2.05, 4.69) is 21.1 Å². The Bertz CT molecular complexity index is 1710. The molecule has 2 aliphatic carbocycles. The minimum atomic E-state index is -0.192. The van der Waals surface area contributed by atoms with E-state index >= 15 is 0 Å². The molecule has 4 aromatic rings. The normalized spacial score (nSPS) is 14.4. The summed E-state index contributed by atoms with van der Waals surface area (Å²) in [6, 6.07) is 24.1. The summed E-state index contributed by atoms with van der Waals surface area (Å²) in [5.41, 5.74) is 10.0. The van der Waals surface area contributed by atoms with Gasteiger partial charge in [0.2, 0.25) is 11.6 Å². The van der Waals surface area contributed by atoms with Crippen LogP contribution in [0.5, 0.6) is 11.5 Å². The first kappa shape index (κ1) is 34.8. The molecule has 0 bridgehead atoms. The summed E-state index contributed by atoms with van der Waals surface area (Å²) in [5, 5.41) is 28.6. The second-order valence-corrected chi connectivity index (χ2v) is 9.91. The summed E-state index contributed by atoms with van der Waals surface area (Å²) in [5.74, 6) is -0.364. The molecule has 6 rings (SSSR count). The van der Waals surface area contributed by atoms with E-state index < -0.39 is 0 Å². The third-order valence-corrected chi connectivity index (χ3v) is 6.69. The number of hydrazone groups is 2. The van der Waals surface area contributed by atoms with Gasteiger partial charge in [-0.1, -0.05) is 83.9 Å². The number of nitrogens with zero attached hydrogens (tertiary/aromatic N) is 2. The molecule has 44 heavy (non-hydrogen) atoms. The Morgan fingerprint density at radius 2 is 0.955 bits per heavy atom. The van der Waals surface area contributed by atoms with E-state index in [0.29, 0.717) is 32.8 Å². The first-order valence-electron chi connectivity index (χ1n) is 12.6. The van der Waals surface area contributed by atoms with Gasteiger partial charge in [0.25, 0.3) is 0 Å². The van der Waals surface area contributed by atoms with E-state index in [9.17, 15) is 19.8 Å². The summed E-state index contributed by atoms with van der Waals surface area (Å²) < 4.78 is 0. The second kappa shape index (κ2) is 15.9. The van der Waals surface area contributed by atoms with Gasteiger partial charge in [-0.15, -0.1) is 0 Å². The molecule has 0 fully saturated rings. The minimum Gasteiger partial charge on any atom is -0.506 e. The number of ketones is 2. The molecule has 12 heteroatoms. The SMILES string of the molecule is O=C1C=Cc2ccccc2/C1=N/Nc1cc(Cl)ccc1O.O=C1C=Cc2ccccc2/C1=N/Nc1cc(Cl)ccc1O.[Co].[Na+]. The Morgan fingerprint density at radius 1 is 0.568 bits per heavy atom. The van der Waals surface area contributed by atoms with Gasteiger partial charge < -0.3 is 10.2 Å². The number of hydrogen-bond acceptors (Lipinski definition) is 8. The largest absolute Gasteiger partial charge is 1.00 e. The first-order chi connectivity index (χ1) is 20.3. The van der Waals surface area contributed by atoms with Crippen molar-refractivity contribution < 1.29 is 66.1 Å². The van der Waals surface area contributed by atoms with Crippen LogP contribution in [-0.4, -0.2) is 33.2 Å². The predicted molar refractivity (Wildman–Crippen MR) is 168 cm³/mol. The number of carbonyl (C=O) groups excluding carboxylic acids is 2. The van der Waals surface area contributed by atoms with E-state index in [0.717, 1.165) is 22.3 Å². The maximum atomic E-state index is 12.0. The van der Waals surface area contributed by atoms with Crippen LogP contribution >= 0.6 is 23.2 Å². The number of benzene rings is 4. The molecule has 2 aliphatic rings. The summed E-state index contributed by atoms with van der Waals surface area (Å²) in [6.45, 7) is 0. The van der Waals surface area contributed by atoms with Gasteiger partial charge in [-0.3, -0.25) is 20.4 Å². The number of carbonyl (C=O) groups is 2. The predicted octanol–water partition coefficient (Wildman–Crippen LogP) is 3.92. The molecule has 0 saturated carbocycles. The molecule has 0 amide bonds. The van der Waals surface area contributed by atoms with Crippen LogP contribution in [0.15, 0.2) is 107 Å². The van der Waals surface area contributed by atoms with E-state index in [1.165, 1.54) is 36.4 Å². The van der Waals surface area contributed by atoms with Gasteiger partial charge in [0.05, 0.1) is 11.4 Å². The Balaban J connectivity index is 0.000000230. The van der Waals surface area contributed by atoms with Gasteiger partial charge in [0.15, 0.2) is 0 Å². The quantitative estimate of drug-likeness (QED) is 0.148. The van der Waals surface area contributed by atoms with E-state index in [4.69, 9.17) is 23.2 Å². The van der Waals surface area contributed by atoms with E-state index in [1.807, 2.05) is 48.5 Å². The number of phenolic OH excluding ortho intramolecular Hbond substituents is 2. The molecule has 0 spiro atoms. The van der Waals surface area contributed by atoms with Gasteiger partial charge in [0, 0.05) is 38.0 Å². The van der Waals surface area contributed by atoms with Crippen LogP contribution in [-0.2, 0) is 26.4 Å². The van der Waals surface area contributed by atoms with Gasteiger partial charge in [-0.2, -0.15) is 10.2 Å². The number of anilines is 2. The molecule has 217 valence electrons. The first-order valence-corrected chi connectivity index (χ1v) is 13.3. The number of fused-ring (bicyclic) bond motifs is 2. The Morgan fingerprint density at radius 3 is 1.36 bits per heavy atom. The number of rotatable bonds is 4. The van der Waals surface area contributed by atoms with E-state index in [1.54, 1.807) is 24.3 Å². The number of phenols is 2. The molecule has 0 unspecified atom stereocenters. The zero-order valence-electron chi connectivity index (χ0n) is 23.1. The van der Waals surface area contributed by atoms with Crippen LogP contribution in [0.3, 0.4) is 0 Å². The number of aromatic hydroxyl groups is 2. The van der Waals surface area contributed by atoms with Crippen molar-refractivity contribution in [2.24, 2.45) is 10.2 Å². The van der Waals surface area contributed by atoms with Crippen LogP contribution in [0, 0.1) is 0 Å². The monoisotopic (exact) mass is 678 g/mol. The third-order valence-electron chi connectivity index (χ3n) is 6.22. The van der Waals surface area contributed by atoms with Gasteiger partial charge in [-0.25, -0.2) is 0 Å². The van der Waals surface area contributed by atoms with Crippen molar-refractivity contribution in [1.29, 1.82) is 0 Å². The molecule has 0 atom stereocenters. The number of hydrogen-bond donors (Lipinski definition) is 4. The zero-order valence-corrected chi connectivity index (χ0v) is 27.6. The standard InChI is InChI=1S/2C16H11ClN2O2.Co.Na/c2*17-11-6-8-14(20)13(9-11)18-19-16-12-4-2-1-3-10(12)5-7-15(16)21;;/h2*1-9,18,20H;;/q;;;+1/b2*19-16-;;. The van der Waals surface area contributed by atoms with Crippen molar-refractivity contribution in [2.45, 2.75) is 0 Å². The summed E-state index contributed by atoms with van der Waals surface area (Å²) in [4.78, 5) is 24.0. The molecular weight excluding hydrogens is 657 g/mol. The van der Waals surface area contributed by atoms with Crippen molar-refractivity contribution in [3.8, 4) is 11.5 Å². The average molecular weight is 679 g/mol. The van der Waals surface area contributed by atoms with Crippen LogP contribution in [0.1, 0.15) is 22.3 Å². The molecule has 0 heterocycles. The Hall–Kier alpha value is -3.67. The fourth-order valence-corrected chi connectivity index (χ4v) is 4.47. The van der Waals surface area contributed by atoms with Crippen LogP contribution in [0.2, 0.25) is 10.0 Å². The maximum Gasteiger partial charge on any atom is 1.00 e. The average Bonchev–Trinajstić information content (AvgIpc) is 2.99. The molecule has 1 radical (unpaired) electrons. The number of halogens is 2. The van der Waals surface area contributed by atoms with Crippen molar-refractivity contribution in [2.75, 3.05) is 10.9 Å². The van der Waals surface area contributed by atoms with Gasteiger partial charge in [-0.05, 0) is 59.7 Å². The summed E-state index contributed by atoms with van der Waals surface area (Å²) >= 11 is 11.7. The summed E-state index contributed by atoms with van der Waals surface area (Å²) in [6.07, 6.45) is 6.46. The topological polar surface area (TPSA) is 123 Å². The molecule has 8 nitrogen and oxygen atoms in total. The van der Waals surface area contributed by atoms with Gasteiger partial charge >= 0.3 is 29.6 Å². The van der Waals surface area contributed by atoms with Crippen LogP contribution < -0.4 is 40.4 Å². The molecule has 0 saturated heterocycles. The molecule has 4 N–H and O–H groups in total. The molecule has 0 aromatic heterocycles. The number of allylic oxidation sites excluding steroid dienone is 2.